The van der Waals surface area contributed by atoms with E-state index in [0.717, 1.165) is 57.8 Å². The average Bonchev–Trinajstić information content (AvgIpc) is 3.32. The fraction of sp³-hybridized carbons (Fsp3) is 0.967. The third-order valence-corrected chi connectivity index (χ3v) is 14.4. The molecular weight excluding hydrogens is 815 g/mol. The van der Waals surface area contributed by atoms with Gasteiger partial charge in [0.15, 0.2) is 0 Å². The lowest BCUT2D eigenvalue weighted by Crippen LogP contribution is -2.45. The van der Waals surface area contributed by atoms with Crippen LogP contribution in [0.4, 0.5) is 0 Å². The van der Waals surface area contributed by atoms with Crippen LogP contribution < -0.4 is 5.32 Å². The second kappa shape index (κ2) is 56.4. The summed E-state index contributed by atoms with van der Waals surface area (Å²) in [5.41, 5.74) is 0. The fourth-order valence-corrected chi connectivity index (χ4v) is 9.76. The number of ether oxygens (including phenoxy) is 1. The second-order valence-corrected chi connectivity index (χ2v) is 21.1. The minimum absolute atomic E-state index is 0.0136. The lowest BCUT2D eigenvalue weighted by Gasteiger charge is -2.22. The van der Waals surface area contributed by atoms with Gasteiger partial charge in [-0.25, -0.2) is 0 Å². The largest absolute Gasteiger partial charge is 0.466 e. The zero-order valence-corrected chi connectivity index (χ0v) is 45.0. The third-order valence-electron chi connectivity index (χ3n) is 14.4. The Balaban J connectivity index is 3.44. The maximum Gasteiger partial charge on any atom is 0.305 e. The monoisotopic (exact) mass is 934 g/mol. The first-order valence-corrected chi connectivity index (χ1v) is 30.3. The molecular formula is C60H119NO5. The summed E-state index contributed by atoms with van der Waals surface area (Å²) in [5.74, 6) is -0.0661. The minimum atomic E-state index is -0.678. The van der Waals surface area contributed by atoms with Crippen molar-refractivity contribution >= 4 is 11.9 Å². The average molecular weight is 935 g/mol. The molecule has 0 saturated carbocycles. The number of aliphatic hydroxyl groups is 2. The van der Waals surface area contributed by atoms with E-state index in [0.29, 0.717) is 25.9 Å². The smallest absolute Gasteiger partial charge is 0.305 e. The Morgan fingerprint density at radius 1 is 0.364 bits per heavy atom. The highest BCUT2D eigenvalue weighted by atomic mass is 16.5. The highest BCUT2D eigenvalue weighted by Crippen LogP contribution is 2.18. The number of unbranched alkanes of at least 4 members (excludes halogenated alkanes) is 46. The molecule has 0 bridgehead atoms. The lowest BCUT2D eigenvalue weighted by atomic mass is 10.0. The van der Waals surface area contributed by atoms with E-state index in [2.05, 4.69) is 19.2 Å². The zero-order chi connectivity index (χ0) is 47.9. The molecule has 0 fully saturated rings. The molecule has 394 valence electrons. The van der Waals surface area contributed by atoms with Crippen molar-refractivity contribution in [1.82, 2.24) is 5.32 Å². The Labute approximate surface area is 413 Å². The summed E-state index contributed by atoms with van der Waals surface area (Å²) in [7, 11) is 0. The van der Waals surface area contributed by atoms with Crippen LogP contribution in [0.2, 0.25) is 0 Å². The van der Waals surface area contributed by atoms with Gasteiger partial charge in [-0.3, -0.25) is 9.59 Å². The summed E-state index contributed by atoms with van der Waals surface area (Å²) >= 11 is 0. The highest BCUT2D eigenvalue weighted by molar-refractivity contribution is 5.76. The summed E-state index contributed by atoms with van der Waals surface area (Å²) < 4.78 is 5.47. The van der Waals surface area contributed by atoms with E-state index in [-0.39, 0.29) is 18.5 Å². The van der Waals surface area contributed by atoms with Crippen LogP contribution in [-0.4, -0.2) is 47.4 Å². The van der Waals surface area contributed by atoms with E-state index in [1.165, 1.54) is 257 Å². The zero-order valence-electron chi connectivity index (χ0n) is 45.0. The van der Waals surface area contributed by atoms with Gasteiger partial charge in [-0.1, -0.05) is 309 Å². The summed E-state index contributed by atoms with van der Waals surface area (Å²) in [6.45, 7) is 4.94. The van der Waals surface area contributed by atoms with Crippen LogP contribution in [0.3, 0.4) is 0 Å². The van der Waals surface area contributed by atoms with E-state index in [1.807, 2.05) is 0 Å². The molecule has 0 aliphatic rings. The van der Waals surface area contributed by atoms with Crippen LogP contribution >= 0.6 is 0 Å². The Hall–Kier alpha value is -1.14. The lowest BCUT2D eigenvalue weighted by molar-refractivity contribution is -0.143. The SMILES string of the molecule is CCCCCCCCCCCCCCCCCCCCCCCCCC(O)C(CO)NC(=O)CCCCCCCCCCCCOC(=O)CCCCCCCCCCCCCCCCCC. The van der Waals surface area contributed by atoms with Gasteiger partial charge in [0.1, 0.15) is 0 Å². The van der Waals surface area contributed by atoms with Crippen LogP contribution in [0.25, 0.3) is 0 Å². The molecule has 2 unspecified atom stereocenters. The molecule has 1 amide bonds. The Bertz CT molecular complexity index is 944. The third kappa shape index (κ3) is 52.2. The van der Waals surface area contributed by atoms with Gasteiger partial charge < -0.3 is 20.3 Å². The van der Waals surface area contributed by atoms with Gasteiger partial charge in [-0.2, -0.15) is 0 Å². The van der Waals surface area contributed by atoms with Gasteiger partial charge in [0.25, 0.3) is 0 Å². The molecule has 0 heterocycles. The van der Waals surface area contributed by atoms with Gasteiger partial charge >= 0.3 is 5.97 Å². The number of rotatable bonds is 57. The second-order valence-electron chi connectivity index (χ2n) is 21.1. The van der Waals surface area contributed by atoms with Crippen molar-refractivity contribution in [2.75, 3.05) is 13.2 Å². The number of carbonyl (C=O) groups is 2. The molecule has 0 rings (SSSR count). The van der Waals surface area contributed by atoms with Crippen molar-refractivity contribution in [2.24, 2.45) is 0 Å². The van der Waals surface area contributed by atoms with Crippen LogP contribution in [-0.2, 0) is 14.3 Å². The van der Waals surface area contributed by atoms with Crippen molar-refractivity contribution < 1.29 is 24.5 Å². The Morgan fingerprint density at radius 2 is 0.621 bits per heavy atom. The van der Waals surface area contributed by atoms with Gasteiger partial charge in [-0.05, 0) is 25.7 Å². The van der Waals surface area contributed by atoms with Crippen LogP contribution in [0.1, 0.15) is 348 Å². The molecule has 0 aromatic carbocycles. The molecule has 0 saturated heterocycles. The molecule has 0 aromatic rings. The molecule has 66 heavy (non-hydrogen) atoms. The predicted octanol–water partition coefficient (Wildman–Crippen LogP) is 18.7. The first-order chi connectivity index (χ1) is 32.5. The normalized spacial score (nSPS) is 12.5. The number of aliphatic hydroxyl groups excluding tert-OH is 2. The summed E-state index contributed by atoms with van der Waals surface area (Å²) in [4.78, 5) is 24.6. The summed E-state index contributed by atoms with van der Waals surface area (Å²) in [6, 6.07) is -0.558. The minimum Gasteiger partial charge on any atom is -0.466 e. The molecule has 0 aliphatic carbocycles. The maximum absolute atomic E-state index is 12.5. The molecule has 0 aliphatic heterocycles. The first-order valence-electron chi connectivity index (χ1n) is 30.3. The standard InChI is InChI=1S/C60H119NO5/c1-3-5-7-9-11-13-15-17-19-21-22-23-24-25-26-27-28-30-32-36-40-44-48-52-58(63)57(56-62)61-59(64)53-49-45-41-37-34-35-39-43-47-51-55-66-60(65)54-50-46-42-38-33-31-29-20-18-16-14-12-10-8-6-4-2/h57-58,62-63H,3-56H2,1-2H3,(H,61,64). The van der Waals surface area contributed by atoms with E-state index in [4.69, 9.17) is 4.74 Å². The number of hydrogen-bond donors (Lipinski definition) is 3. The molecule has 3 N–H and O–H groups in total. The summed E-state index contributed by atoms with van der Waals surface area (Å²) in [5, 5.41) is 23.4. The molecule has 6 heteroatoms. The van der Waals surface area contributed by atoms with E-state index in [9.17, 15) is 19.8 Å². The van der Waals surface area contributed by atoms with Gasteiger partial charge in [0.05, 0.1) is 25.4 Å². The van der Waals surface area contributed by atoms with Crippen molar-refractivity contribution in [3.63, 3.8) is 0 Å². The van der Waals surface area contributed by atoms with Crippen molar-refractivity contribution in [3.05, 3.63) is 0 Å². The van der Waals surface area contributed by atoms with Crippen LogP contribution in [0, 0.1) is 0 Å². The molecule has 0 aromatic heterocycles. The molecule has 6 nitrogen and oxygen atoms in total. The van der Waals surface area contributed by atoms with Gasteiger partial charge in [0, 0.05) is 12.8 Å². The number of carbonyl (C=O) groups excluding carboxylic acids is 2. The van der Waals surface area contributed by atoms with Crippen molar-refractivity contribution in [1.29, 1.82) is 0 Å². The Morgan fingerprint density at radius 3 is 0.924 bits per heavy atom. The van der Waals surface area contributed by atoms with Gasteiger partial charge in [0.2, 0.25) is 5.91 Å². The maximum atomic E-state index is 12.5. The number of amides is 1. The molecule has 0 spiro atoms. The number of hydrogen-bond acceptors (Lipinski definition) is 5. The van der Waals surface area contributed by atoms with Crippen LogP contribution in [0.5, 0.6) is 0 Å². The highest BCUT2D eigenvalue weighted by Gasteiger charge is 2.20. The fourth-order valence-electron chi connectivity index (χ4n) is 9.76. The van der Waals surface area contributed by atoms with Gasteiger partial charge in [-0.15, -0.1) is 0 Å². The summed E-state index contributed by atoms with van der Waals surface area (Å²) in [6.07, 6.45) is 65.3. The van der Waals surface area contributed by atoms with E-state index in [1.54, 1.807) is 0 Å². The number of esters is 1. The molecule has 0 radical (unpaired) electrons. The number of nitrogens with one attached hydrogen (secondary N) is 1. The molecule has 2 atom stereocenters. The predicted molar refractivity (Wildman–Crippen MR) is 287 cm³/mol. The first kappa shape index (κ1) is 64.9. The quantitative estimate of drug-likeness (QED) is 0.0417. The van der Waals surface area contributed by atoms with Crippen molar-refractivity contribution in [2.45, 2.75) is 360 Å². The van der Waals surface area contributed by atoms with Crippen LogP contribution in [0.15, 0.2) is 0 Å². The topological polar surface area (TPSA) is 95.9 Å². The Kier molecular flexibility index (Phi) is 55.5. The van der Waals surface area contributed by atoms with E-state index >= 15 is 0 Å². The van der Waals surface area contributed by atoms with Crippen molar-refractivity contribution in [3.8, 4) is 0 Å². The van der Waals surface area contributed by atoms with E-state index < -0.39 is 12.1 Å².